The third-order valence-corrected chi connectivity index (χ3v) is 8.22. The molecule has 0 spiro atoms. The molecule has 0 saturated heterocycles. The summed E-state index contributed by atoms with van der Waals surface area (Å²) in [4.78, 5) is 23.3. The highest BCUT2D eigenvalue weighted by Gasteiger charge is 2.15. The van der Waals surface area contributed by atoms with E-state index >= 15 is 0 Å². The Balaban J connectivity index is 1.13. The van der Waals surface area contributed by atoms with E-state index in [1.54, 1.807) is 24.8 Å². The first-order chi connectivity index (χ1) is 24.3. The second kappa shape index (κ2) is 15.8. The number of nitrogens with zero attached hydrogens (tertiary/aromatic N) is 5. The van der Waals surface area contributed by atoms with Crippen molar-refractivity contribution in [3.05, 3.63) is 116 Å². The molecule has 5 aliphatic rings. The molecule has 0 N–H and O–H groups in total. The molecule has 1 aromatic carbocycles. The minimum absolute atomic E-state index is 0.0166. The molecule has 0 unspecified atom stereocenters. The number of ether oxygens (including phenoxy) is 4. The molecule has 0 aliphatic carbocycles. The van der Waals surface area contributed by atoms with Crippen LogP contribution in [0.1, 0.15) is 38.5 Å². The molecule has 5 aromatic heterocycles. The van der Waals surface area contributed by atoms with Crippen LogP contribution in [0.25, 0.3) is 45.3 Å². The maximum absolute atomic E-state index is 6.25. The van der Waals surface area contributed by atoms with Crippen LogP contribution in [0.5, 0.6) is 23.0 Å². The van der Waals surface area contributed by atoms with E-state index in [1.165, 1.54) is 0 Å². The van der Waals surface area contributed by atoms with Crippen molar-refractivity contribution < 1.29 is 18.9 Å². The van der Waals surface area contributed by atoms with E-state index < -0.39 is 0 Å². The van der Waals surface area contributed by atoms with Gasteiger partial charge in [0.2, 0.25) is 6.79 Å². The van der Waals surface area contributed by atoms with E-state index in [-0.39, 0.29) is 6.79 Å². The van der Waals surface area contributed by atoms with Gasteiger partial charge in [-0.05, 0) is 91.7 Å². The summed E-state index contributed by atoms with van der Waals surface area (Å²) in [5, 5.41) is 0. The zero-order chi connectivity index (χ0) is 33.1. The van der Waals surface area contributed by atoms with Gasteiger partial charge in [0.25, 0.3) is 0 Å². The molecule has 11 rings (SSSR count). The van der Waals surface area contributed by atoms with Crippen molar-refractivity contribution in [2.75, 3.05) is 20.0 Å². The number of rotatable bonds is 1. The summed E-state index contributed by atoms with van der Waals surface area (Å²) in [7, 11) is 0. The Morgan fingerprint density at radius 1 is 0.449 bits per heavy atom. The molecule has 0 radical (unpaired) electrons. The van der Waals surface area contributed by atoms with Crippen LogP contribution in [-0.4, -0.2) is 44.9 Å². The topological polar surface area (TPSA) is 101 Å². The van der Waals surface area contributed by atoms with E-state index in [0.29, 0.717) is 24.7 Å². The lowest BCUT2D eigenvalue weighted by Crippen LogP contribution is -2.07. The Kier molecular flexibility index (Phi) is 10.3. The lowest BCUT2D eigenvalue weighted by atomic mass is 10.0. The molecule has 0 atom stereocenters. The lowest BCUT2D eigenvalue weighted by molar-refractivity contribution is 0.120. The van der Waals surface area contributed by atoms with Crippen molar-refractivity contribution in [1.82, 2.24) is 24.9 Å². The highest BCUT2D eigenvalue weighted by Crippen LogP contribution is 2.36. The van der Waals surface area contributed by atoms with Crippen LogP contribution >= 0.6 is 0 Å². The van der Waals surface area contributed by atoms with Crippen molar-refractivity contribution in [3.8, 4) is 68.3 Å². The zero-order valence-electron chi connectivity index (χ0n) is 27.2. The van der Waals surface area contributed by atoms with Crippen molar-refractivity contribution in [1.29, 1.82) is 0 Å². The number of pyridine rings is 5. The van der Waals surface area contributed by atoms with Crippen LogP contribution in [0.4, 0.5) is 0 Å². The summed E-state index contributed by atoms with van der Waals surface area (Å²) in [5.41, 5.74) is 6.29. The van der Waals surface area contributed by atoms with Crippen LogP contribution in [0.15, 0.2) is 116 Å². The fourth-order valence-electron chi connectivity index (χ4n) is 5.65. The van der Waals surface area contributed by atoms with Gasteiger partial charge in [-0.15, -0.1) is 0 Å². The minimum Gasteiger partial charge on any atom is -0.492 e. The SMILES string of the molecule is c1ccc(-c2cc3ccc2OCOc2ccc(nc2)-c2cccc(n2)-c2ccc(cn2)OCCCCCCCCOc2cccnc2-3)nc1. The van der Waals surface area contributed by atoms with E-state index in [1.807, 2.05) is 91.0 Å². The summed E-state index contributed by atoms with van der Waals surface area (Å²) < 4.78 is 24.3. The highest BCUT2D eigenvalue weighted by molar-refractivity contribution is 5.76. The minimum atomic E-state index is -0.0166. The predicted molar refractivity (Wildman–Crippen MR) is 188 cm³/mol. The number of hydrogen-bond acceptors (Lipinski definition) is 9. The first kappa shape index (κ1) is 31.8. The quantitative estimate of drug-likeness (QED) is 0.173. The van der Waals surface area contributed by atoms with Gasteiger partial charge in [-0.2, -0.15) is 0 Å². The molecule has 5 aliphatic heterocycles. The smallest absolute Gasteiger partial charge is 0.231 e. The number of aromatic nitrogens is 5. The molecule has 9 nitrogen and oxygen atoms in total. The molecule has 49 heavy (non-hydrogen) atoms. The Bertz CT molecular complexity index is 1950. The number of fused-ring (bicyclic) bond motifs is 1. The average molecular weight is 652 g/mol. The van der Waals surface area contributed by atoms with Gasteiger partial charge < -0.3 is 18.9 Å². The summed E-state index contributed by atoms with van der Waals surface area (Å²) in [5.74, 6) is 2.72. The standard InChI is InChI=1S/C40H37N5O4/c1-2-4-8-24-47-39-14-10-22-42-40(39)29-15-20-38(32(25-29)33-11-5-6-21-41-33)49-28-48-31-17-19-35(44-27-31)37-13-9-12-36(45-37)34-18-16-30(26-43-34)46-23-7-3-1/h5-6,9-22,25-27H,1-4,7-8,23-24,28H2. The second-order valence-electron chi connectivity index (χ2n) is 11.7. The third kappa shape index (κ3) is 8.19. The third-order valence-electron chi connectivity index (χ3n) is 8.22. The van der Waals surface area contributed by atoms with Gasteiger partial charge in [-0.1, -0.05) is 37.8 Å². The zero-order valence-corrected chi connectivity index (χ0v) is 27.2. The van der Waals surface area contributed by atoms with Gasteiger partial charge in [-0.25, -0.2) is 4.98 Å². The van der Waals surface area contributed by atoms with E-state index in [9.17, 15) is 0 Å². The molecule has 9 heteroatoms. The van der Waals surface area contributed by atoms with Gasteiger partial charge in [0.15, 0.2) is 0 Å². The first-order valence-electron chi connectivity index (χ1n) is 16.7. The van der Waals surface area contributed by atoms with Gasteiger partial charge in [-0.3, -0.25) is 19.9 Å². The Labute approximate surface area is 286 Å². The summed E-state index contributed by atoms with van der Waals surface area (Å²) >= 11 is 0. The van der Waals surface area contributed by atoms with E-state index in [4.69, 9.17) is 23.9 Å². The summed E-state index contributed by atoms with van der Waals surface area (Å²) in [6, 6.07) is 29.1. The van der Waals surface area contributed by atoms with Crippen molar-refractivity contribution in [3.63, 3.8) is 0 Å². The van der Waals surface area contributed by atoms with Crippen LogP contribution < -0.4 is 18.9 Å². The molecule has 246 valence electrons. The number of hydrogen-bond donors (Lipinski definition) is 0. The maximum atomic E-state index is 6.25. The molecular weight excluding hydrogens is 614 g/mol. The number of benzene rings is 1. The Hall–Kier alpha value is -5.83. The van der Waals surface area contributed by atoms with Crippen molar-refractivity contribution in [2.24, 2.45) is 0 Å². The highest BCUT2D eigenvalue weighted by atomic mass is 16.7. The summed E-state index contributed by atoms with van der Waals surface area (Å²) in [6.45, 7) is 1.28. The van der Waals surface area contributed by atoms with E-state index in [0.717, 1.165) is 95.3 Å². The fourth-order valence-corrected chi connectivity index (χ4v) is 5.65. The van der Waals surface area contributed by atoms with Gasteiger partial charge in [0, 0.05) is 23.5 Å². The Morgan fingerprint density at radius 2 is 1.14 bits per heavy atom. The molecule has 0 amide bonds. The van der Waals surface area contributed by atoms with Crippen LogP contribution in [0, 0.1) is 0 Å². The van der Waals surface area contributed by atoms with Crippen LogP contribution in [0.2, 0.25) is 0 Å². The molecule has 6 aromatic rings. The average Bonchev–Trinajstić information content (AvgIpc) is 3.16. The Morgan fingerprint density at radius 3 is 1.86 bits per heavy atom. The molecule has 0 saturated carbocycles. The predicted octanol–water partition coefficient (Wildman–Crippen LogP) is 8.86. The van der Waals surface area contributed by atoms with Crippen LogP contribution in [0.3, 0.4) is 0 Å². The van der Waals surface area contributed by atoms with Gasteiger partial charge in [0.1, 0.15) is 28.7 Å². The second-order valence-corrected chi connectivity index (χ2v) is 11.7. The molecular formula is C40H37N5O4. The molecule has 8 bridgehead atoms. The van der Waals surface area contributed by atoms with Crippen molar-refractivity contribution in [2.45, 2.75) is 38.5 Å². The van der Waals surface area contributed by atoms with Gasteiger partial charge in [0.05, 0.1) is 54.1 Å². The maximum Gasteiger partial charge on any atom is 0.231 e. The monoisotopic (exact) mass is 651 g/mol. The summed E-state index contributed by atoms with van der Waals surface area (Å²) in [6.07, 6.45) is 13.5. The largest absolute Gasteiger partial charge is 0.492 e. The normalized spacial score (nSPS) is 14.0. The van der Waals surface area contributed by atoms with Crippen LogP contribution in [-0.2, 0) is 0 Å². The first-order valence-corrected chi connectivity index (χ1v) is 16.7. The molecule has 0 fully saturated rings. The van der Waals surface area contributed by atoms with E-state index in [2.05, 4.69) is 19.9 Å². The molecule has 10 heterocycles. The van der Waals surface area contributed by atoms with Crippen molar-refractivity contribution >= 4 is 0 Å². The lowest BCUT2D eigenvalue weighted by Gasteiger charge is -2.15. The van der Waals surface area contributed by atoms with Gasteiger partial charge >= 0.3 is 0 Å². The fraction of sp³-hybridized carbons (Fsp3) is 0.225.